The highest BCUT2D eigenvalue weighted by atomic mass is 33.1. The molecule has 0 saturated heterocycles. The van der Waals surface area contributed by atoms with Gasteiger partial charge in [0.05, 0.1) is 5.52 Å². The van der Waals surface area contributed by atoms with Crippen LogP contribution < -0.4 is 0 Å². The van der Waals surface area contributed by atoms with Gasteiger partial charge in [0, 0.05) is 22.2 Å². The fourth-order valence-corrected chi connectivity index (χ4v) is 3.24. The Morgan fingerprint density at radius 2 is 2.13 bits per heavy atom. The Morgan fingerprint density at radius 1 is 1.27 bits per heavy atom. The first-order valence-corrected chi connectivity index (χ1v) is 6.98. The van der Waals surface area contributed by atoms with Gasteiger partial charge in [0.25, 0.3) is 0 Å². The highest BCUT2D eigenvalue weighted by Crippen LogP contribution is 2.34. The molecule has 2 aromatic rings. The molecule has 76 valence electrons. The first-order chi connectivity index (χ1) is 7.42. The molecule has 0 bridgehead atoms. The van der Waals surface area contributed by atoms with Gasteiger partial charge in [-0.1, -0.05) is 45.9 Å². The molecular formula is C12H11NS2. The molecule has 2 rings (SSSR count). The average Bonchev–Trinajstić information content (AvgIpc) is 2.30. The van der Waals surface area contributed by atoms with Crippen molar-refractivity contribution in [2.24, 2.45) is 0 Å². The molecule has 3 heteroatoms. The van der Waals surface area contributed by atoms with Crippen LogP contribution in [0.1, 0.15) is 0 Å². The Balaban J connectivity index is 2.30. The van der Waals surface area contributed by atoms with Crippen molar-refractivity contribution < 1.29 is 0 Å². The molecule has 0 aliphatic heterocycles. The van der Waals surface area contributed by atoms with E-state index in [1.54, 1.807) is 21.6 Å². The Morgan fingerprint density at radius 3 is 3.00 bits per heavy atom. The Labute approximate surface area is 97.4 Å². The van der Waals surface area contributed by atoms with E-state index in [0.717, 1.165) is 11.3 Å². The highest BCUT2D eigenvalue weighted by molar-refractivity contribution is 8.76. The lowest BCUT2D eigenvalue weighted by atomic mass is 10.2. The quantitative estimate of drug-likeness (QED) is 0.447. The fourth-order valence-electron chi connectivity index (χ4n) is 1.29. The van der Waals surface area contributed by atoms with E-state index in [2.05, 4.69) is 35.8 Å². The van der Waals surface area contributed by atoms with Crippen LogP contribution in [0.25, 0.3) is 10.9 Å². The molecule has 0 aliphatic carbocycles. The summed E-state index contributed by atoms with van der Waals surface area (Å²) in [6.07, 6.45) is 3.75. The molecule has 0 radical (unpaired) electrons. The molecule has 1 aromatic heterocycles. The van der Waals surface area contributed by atoms with E-state index in [-0.39, 0.29) is 0 Å². The van der Waals surface area contributed by atoms with Crippen LogP contribution in [0, 0.1) is 0 Å². The summed E-state index contributed by atoms with van der Waals surface area (Å²) in [5.74, 6) is 0.952. The number of hydrogen-bond donors (Lipinski definition) is 0. The molecule has 1 aromatic carbocycles. The largest absolute Gasteiger partial charge is 0.255 e. The van der Waals surface area contributed by atoms with Gasteiger partial charge >= 0.3 is 0 Å². The third-order valence-electron chi connectivity index (χ3n) is 1.93. The van der Waals surface area contributed by atoms with Crippen molar-refractivity contribution in [1.82, 2.24) is 4.98 Å². The second kappa shape index (κ2) is 5.24. The summed E-state index contributed by atoms with van der Waals surface area (Å²) in [7, 11) is 3.54. The van der Waals surface area contributed by atoms with E-state index in [1.807, 2.05) is 18.3 Å². The first kappa shape index (κ1) is 10.6. The van der Waals surface area contributed by atoms with Crippen molar-refractivity contribution in [1.29, 1.82) is 0 Å². The average molecular weight is 233 g/mol. The highest BCUT2D eigenvalue weighted by Gasteiger charge is 2.01. The van der Waals surface area contributed by atoms with E-state index >= 15 is 0 Å². The van der Waals surface area contributed by atoms with Gasteiger partial charge in [-0.3, -0.25) is 4.98 Å². The molecule has 0 spiro atoms. The number of fused-ring (bicyclic) bond motifs is 1. The number of hydrogen-bond acceptors (Lipinski definition) is 3. The third kappa shape index (κ3) is 2.55. The second-order valence-corrected chi connectivity index (χ2v) is 5.37. The summed E-state index contributed by atoms with van der Waals surface area (Å²) in [5.41, 5.74) is 1.08. The van der Waals surface area contributed by atoms with Crippen LogP contribution in [0.2, 0.25) is 0 Å². The Bertz CT molecular complexity index is 463. The SMILES string of the molecule is C=CCSSc1cccc2cccnc12. The summed E-state index contributed by atoms with van der Waals surface area (Å²) >= 11 is 0. The minimum atomic E-state index is 0.952. The van der Waals surface area contributed by atoms with Crippen molar-refractivity contribution in [3.8, 4) is 0 Å². The normalized spacial score (nSPS) is 10.4. The van der Waals surface area contributed by atoms with Gasteiger partial charge in [-0.15, -0.1) is 6.58 Å². The summed E-state index contributed by atoms with van der Waals surface area (Å²) in [6.45, 7) is 3.70. The summed E-state index contributed by atoms with van der Waals surface area (Å²) in [6, 6.07) is 10.3. The maximum atomic E-state index is 4.40. The summed E-state index contributed by atoms with van der Waals surface area (Å²) < 4.78 is 0. The standard InChI is InChI=1S/C12H11NS2/c1-2-9-14-15-11-7-3-5-10-6-4-8-13-12(10)11/h2-8H,1,9H2. The van der Waals surface area contributed by atoms with E-state index in [4.69, 9.17) is 0 Å². The molecule has 0 N–H and O–H groups in total. The van der Waals surface area contributed by atoms with Gasteiger partial charge in [0.15, 0.2) is 0 Å². The number of pyridine rings is 1. The predicted octanol–water partition coefficient (Wildman–Crippen LogP) is 4.16. The van der Waals surface area contributed by atoms with Crippen molar-refractivity contribution in [3.63, 3.8) is 0 Å². The molecule has 0 saturated carbocycles. The molecular weight excluding hydrogens is 222 g/mol. The lowest BCUT2D eigenvalue weighted by molar-refractivity contribution is 1.35. The molecule has 0 unspecified atom stereocenters. The summed E-state index contributed by atoms with van der Waals surface area (Å²) in [5, 5.41) is 1.20. The zero-order valence-corrected chi connectivity index (χ0v) is 9.85. The zero-order chi connectivity index (χ0) is 10.5. The van der Waals surface area contributed by atoms with E-state index in [1.165, 1.54) is 10.3 Å². The van der Waals surface area contributed by atoms with Crippen LogP contribution in [-0.2, 0) is 0 Å². The van der Waals surface area contributed by atoms with Crippen LogP contribution in [0.4, 0.5) is 0 Å². The van der Waals surface area contributed by atoms with Crippen LogP contribution in [0.5, 0.6) is 0 Å². The van der Waals surface area contributed by atoms with Crippen molar-refractivity contribution in [3.05, 3.63) is 49.2 Å². The molecule has 0 atom stereocenters. The van der Waals surface area contributed by atoms with Gasteiger partial charge in [-0.2, -0.15) is 0 Å². The lowest BCUT2D eigenvalue weighted by Crippen LogP contribution is -1.79. The van der Waals surface area contributed by atoms with Crippen LogP contribution >= 0.6 is 21.6 Å². The van der Waals surface area contributed by atoms with Crippen molar-refractivity contribution in [2.45, 2.75) is 4.90 Å². The number of nitrogens with zero attached hydrogens (tertiary/aromatic N) is 1. The van der Waals surface area contributed by atoms with Crippen LogP contribution in [0.3, 0.4) is 0 Å². The van der Waals surface area contributed by atoms with E-state index in [0.29, 0.717) is 0 Å². The molecule has 1 nitrogen and oxygen atoms in total. The van der Waals surface area contributed by atoms with Gasteiger partial charge in [-0.25, -0.2) is 0 Å². The minimum Gasteiger partial charge on any atom is -0.255 e. The van der Waals surface area contributed by atoms with Gasteiger partial charge in [-0.05, 0) is 12.1 Å². The first-order valence-electron chi connectivity index (χ1n) is 4.66. The van der Waals surface area contributed by atoms with E-state index < -0.39 is 0 Å². The molecule has 15 heavy (non-hydrogen) atoms. The number of para-hydroxylation sites is 1. The third-order valence-corrected chi connectivity index (χ3v) is 4.23. The van der Waals surface area contributed by atoms with Gasteiger partial charge < -0.3 is 0 Å². The maximum absolute atomic E-state index is 4.40. The zero-order valence-electron chi connectivity index (χ0n) is 8.22. The van der Waals surface area contributed by atoms with Crippen molar-refractivity contribution >= 4 is 32.5 Å². The summed E-state index contributed by atoms with van der Waals surface area (Å²) in [4.78, 5) is 5.62. The predicted molar refractivity (Wildman–Crippen MR) is 70.3 cm³/mol. The molecule has 0 fully saturated rings. The number of rotatable bonds is 4. The molecule has 0 amide bonds. The van der Waals surface area contributed by atoms with Gasteiger partial charge in [0.2, 0.25) is 0 Å². The topological polar surface area (TPSA) is 12.9 Å². The molecule has 1 heterocycles. The fraction of sp³-hybridized carbons (Fsp3) is 0.0833. The Hall–Kier alpha value is -0.930. The smallest absolute Gasteiger partial charge is 0.0846 e. The molecule has 0 aliphatic rings. The van der Waals surface area contributed by atoms with E-state index in [9.17, 15) is 0 Å². The number of benzene rings is 1. The lowest BCUT2D eigenvalue weighted by Gasteiger charge is -2.03. The Kier molecular flexibility index (Phi) is 3.69. The van der Waals surface area contributed by atoms with Gasteiger partial charge in [0.1, 0.15) is 0 Å². The maximum Gasteiger partial charge on any atom is 0.0846 e. The monoisotopic (exact) mass is 233 g/mol. The number of aromatic nitrogens is 1. The van der Waals surface area contributed by atoms with Crippen molar-refractivity contribution in [2.75, 3.05) is 5.75 Å². The minimum absolute atomic E-state index is 0.952. The van der Waals surface area contributed by atoms with Crippen LogP contribution in [0.15, 0.2) is 54.1 Å². The second-order valence-electron chi connectivity index (χ2n) is 2.99. The van der Waals surface area contributed by atoms with Crippen LogP contribution in [-0.4, -0.2) is 10.7 Å².